The maximum atomic E-state index is 12.8. The van der Waals surface area contributed by atoms with Crippen LogP contribution in [0.2, 0.25) is 5.15 Å². The third-order valence-corrected chi connectivity index (χ3v) is 3.43. The first kappa shape index (κ1) is 14.9. The molecule has 0 spiro atoms. The molecule has 110 valence electrons. The quantitative estimate of drug-likeness (QED) is 0.811. The van der Waals surface area contributed by atoms with Crippen molar-refractivity contribution in [3.63, 3.8) is 0 Å². The zero-order chi connectivity index (χ0) is 15.1. The summed E-state index contributed by atoms with van der Waals surface area (Å²) < 4.78 is 38.4. The Labute approximate surface area is 118 Å². The molecule has 2 heterocycles. The molecule has 0 bridgehead atoms. The number of hydrogen-bond donors (Lipinski definition) is 1. The molecule has 0 aliphatic carbocycles. The van der Waals surface area contributed by atoms with Gasteiger partial charge in [0.05, 0.1) is 5.56 Å². The number of halogens is 4. The lowest BCUT2D eigenvalue weighted by atomic mass is 9.99. The molecule has 0 unspecified atom stereocenters. The van der Waals surface area contributed by atoms with E-state index in [1.165, 1.54) is 4.90 Å². The summed E-state index contributed by atoms with van der Waals surface area (Å²) in [5.74, 6) is -0.219. The molecule has 1 fully saturated rings. The first-order valence-corrected chi connectivity index (χ1v) is 6.31. The highest BCUT2D eigenvalue weighted by Gasteiger charge is 2.40. The number of hydrogen-bond acceptors (Lipinski definition) is 3. The van der Waals surface area contributed by atoms with E-state index in [0.717, 1.165) is 12.1 Å². The number of alkyl halides is 3. The van der Waals surface area contributed by atoms with Crippen molar-refractivity contribution in [3.05, 3.63) is 22.8 Å². The van der Waals surface area contributed by atoms with Gasteiger partial charge in [0.1, 0.15) is 16.5 Å². The molecule has 0 aromatic carbocycles. The van der Waals surface area contributed by atoms with Crippen molar-refractivity contribution in [2.75, 3.05) is 18.0 Å². The second-order valence-corrected chi connectivity index (χ2v) is 5.39. The van der Waals surface area contributed by atoms with Gasteiger partial charge in [-0.15, -0.1) is 0 Å². The number of pyridine rings is 1. The molecule has 1 aliphatic heterocycles. The van der Waals surface area contributed by atoms with E-state index in [0.29, 0.717) is 13.1 Å². The van der Waals surface area contributed by atoms with Crippen molar-refractivity contribution >= 4 is 23.3 Å². The first-order chi connectivity index (χ1) is 9.12. The molecule has 1 aliphatic rings. The predicted molar refractivity (Wildman–Crippen MR) is 68.7 cm³/mol. The van der Waals surface area contributed by atoms with E-state index in [1.54, 1.807) is 13.8 Å². The smallest absolute Gasteiger partial charge is 0.352 e. The van der Waals surface area contributed by atoms with Crippen molar-refractivity contribution in [1.29, 1.82) is 0 Å². The lowest BCUT2D eigenvalue weighted by Crippen LogP contribution is -2.62. The van der Waals surface area contributed by atoms with Gasteiger partial charge in [0, 0.05) is 13.1 Å². The van der Waals surface area contributed by atoms with E-state index in [1.807, 2.05) is 0 Å². The van der Waals surface area contributed by atoms with Gasteiger partial charge in [0.2, 0.25) is 5.91 Å². The summed E-state index contributed by atoms with van der Waals surface area (Å²) >= 11 is 5.67. The van der Waals surface area contributed by atoms with Crippen LogP contribution < -0.4 is 10.2 Å². The fraction of sp³-hybridized carbons (Fsp3) is 0.500. The van der Waals surface area contributed by atoms with Crippen LogP contribution in [-0.2, 0) is 11.0 Å². The van der Waals surface area contributed by atoms with Gasteiger partial charge in [-0.2, -0.15) is 13.2 Å². The Morgan fingerprint density at radius 2 is 2.05 bits per heavy atom. The summed E-state index contributed by atoms with van der Waals surface area (Å²) in [4.78, 5) is 17.3. The second-order valence-electron chi connectivity index (χ2n) is 5.00. The third-order valence-electron chi connectivity index (χ3n) is 3.24. The van der Waals surface area contributed by atoms with Gasteiger partial charge in [-0.3, -0.25) is 4.79 Å². The summed E-state index contributed by atoms with van der Waals surface area (Å²) in [7, 11) is 0. The van der Waals surface area contributed by atoms with Gasteiger partial charge in [0.25, 0.3) is 0 Å². The van der Waals surface area contributed by atoms with Gasteiger partial charge in [0.15, 0.2) is 0 Å². The van der Waals surface area contributed by atoms with Crippen LogP contribution in [0.1, 0.15) is 19.4 Å². The molecule has 1 N–H and O–H groups in total. The highest BCUT2D eigenvalue weighted by atomic mass is 35.5. The van der Waals surface area contributed by atoms with E-state index >= 15 is 0 Å². The minimum Gasteiger partial charge on any atom is -0.352 e. The molecular weight excluding hydrogens is 295 g/mol. The minimum absolute atomic E-state index is 0.0460. The van der Waals surface area contributed by atoms with E-state index in [2.05, 4.69) is 10.3 Å². The Hall–Kier alpha value is -1.50. The fourth-order valence-electron chi connectivity index (χ4n) is 2.09. The van der Waals surface area contributed by atoms with Crippen molar-refractivity contribution in [1.82, 2.24) is 10.3 Å². The summed E-state index contributed by atoms with van der Waals surface area (Å²) in [5.41, 5.74) is -1.87. The van der Waals surface area contributed by atoms with Gasteiger partial charge >= 0.3 is 6.18 Å². The Kier molecular flexibility index (Phi) is 3.58. The minimum atomic E-state index is -4.51. The van der Waals surface area contributed by atoms with Crippen LogP contribution in [0.5, 0.6) is 0 Å². The van der Waals surface area contributed by atoms with Gasteiger partial charge in [-0.05, 0) is 26.0 Å². The highest BCUT2D eigenvalue weighted by Crippen LogP contribution is 2.34. The molecule has 20 heavy (non-hydrogen) atoms. The van der Waals surface area contributed by atoms with Crippen LogP contribution in [0.15, 0.2) is 12.1 Å². The summed E-state index contributed by atoms with van der Waals surface area (Å²) in [6.07, 6.45) is -4.51. The molecule has 0 saturated carbocycles. The molecule has 1 amide bonds. The molecule has 1 aromatic heterocycles. The number of carbonyl (C=O) groups excluding carboxylic acids is 1. The zero-order valence-electron chi connectivity index (χ0n) is 10.9. The number of carbonyl (C=O) groups is 1. The second kappa shape index (κ2) is 4.80. The average molecular weight is 308 g/mol. The SMILES string of the molecule is CC1(C)C(=O)NCCN1c1cc(C(F)(F)F)cc(Cl)n1. The molecule has 8 heteroatoms. The normalized spacial score (nSPS) is 18.9. The van der Waals surface area contributed by atoms with Crippen LogP contribution in [0.4, 0.5) is 19.0 Å². The average Bonchev–Trinajstić information content (AvgIpc) is 2.30. The van der Waals surface area contributed by atoms with Crippen LogP contribution in [-0.4, -0.2) is 29.5 Å². The number of nitrogens with one attached hydrogen (secondary N) is 1. The van der Waals surface area contributed by atoms with E-state index < -0.39 is 17.3 Å². The summed E-state index contributed by atoms with van der Waals surface area (Å²) in [6, 6.07) is 1.67. The van der Waals surface area contributed by atoms with Crippen molar-refractivity contribution in [3.8, 4) is 0 Å². The van der Waals surface area contributed by atoms with E-state index in [4.69, 9.17) is 11.6 Å². The van der Waals surface area contributed by atoms with Crippen LogP contribution in [0, 0.1) is 0 Å². The molecule has 0 atom stereocenters. The number of amides is 1. The molecule has 4 nitrogen and oxygen atoms in total. The van der Waals surface area contributed by atoms with Crippen molar-refractivity contribution in [2.45, 2.75) is 25.6 Å². The van der Waals surface area contributed by atoms with E-state index in [9.17, 15) is 18.0 Å². The number of aromatic nitrogens is 1. The maximum absolute atomic E-state index is 12.8. The molecule has 2 rings (SSSR count). The molecular formula is C12H13ClF3N3O. The van der Waals surface area contributed by atoms with Crippen LogP contribution in [0.3, 0.4) is 0 Å². The number of piperazine rings is 1. The maximum Gasteiger partial charge on any atom is 0.416 e. The largest absolute Gasteiger partial charge is 0.416 e. The number of nitrogens with zero attached hydrogens (tertiary/aromatic N) is 2. The van der Waals surface area contributed by atoms with E-state index in [-0.39, 0.29) is 16.9 Å². The third kappa shape index (κ3) is 2.67. The van der Waals surface area contributed by atoms with Crippen molar-refractivity contribution in [2.24, 2.45) is 0 Å². The standard InChI is InChI=1S/C12H13ClF3N3O/c1-11(2)10(20)17-3-4-19(11)9-6-7(12(14,15)16)5-8(13)18-9/h5-6H,3-4H2,1-2H3,(H,17,20). The summed E-state index contributed by atoms with van der Waals surface area (Å²) in [5, 5.41) is 2.41. The predicted octanol–water partition coefficient (Wildman–Crippen LogP) is 2.47. The zero-order valence-corrected chi connectivity index (χ0v) is 11.6. The topological polar surface area (TPSA) is 45.2 Å². The Morgan fingerprint density at radius 1 is 1.40 bits per heavy atom. The molecule has 1 aromatic rings. The summed E-state index contributed by atoms with van der Waals surface area (Å²) in [6.45, 7) is 3.95. The van der Waals surface area contributed by atoms with Crippen LogP contribution in [0.25, 0.3) is 0 Å². The molecule has 0 radical (unpaired) electrons. The van der Waals surface area contributed by atoms with Gasteiger partial charge in [-0.25, -0.2) is 4.98 Å². The Morgan fingerprint density at radius 3 is 2.65 bits per heavy atom. The lowest BCUT2D eigenvalue weighted by Gasteiger charge is -2.42. The number of rotatable bonds is 1. The van der Waals surface area contributed by atoms with Crippen molar-refractivity contribution < 1.29 is 18.0 Å². The lowest BCUT2D eigenvalue weighted by molar-refractivity contribution is -0.137. The Bertz CT molecular complexity index is 545. The monoisotopic (exact) mass is 307 g/mol. The molecule has 1 saturated heterocycles. The Balaban J connectivity index is 2.47. The van der Waals surface area contributed by atoms with Gasteiger partial charge < -0.3 is 10.2 Å². The van der Waals surface area contributed by atoms with Gasteiger partial charge in [-0.1, -0.05) is 11.6 Å². The fourth-order valence-corrected chi connectivity index (χ4v) is 2.29. The van der Waals surface area contributed by atoms with Crippen LogP contribution >= 0.6 is 11.6 Å². The highest BCUT2D eigenvalue weighted by molar-refractivity contribution is 6.29. The number of anilines is 1. The first-order valence-electron chi connectivity index (χ1n) is 5.93.